The second-order valence-electron chi connectivity index (χ2n) is 7.81. The highest BCUT2D eigenvalue weighted by Crippen LogP contribution is 2.41. The van der Waals surface area contributed by atoms with E-state index in [1.807, 2.05) is 12.1 Å². The number of rotatable bonds is 5. The smallest absolute Gasteiger partial charge is 0.304 e. The van der Waals surface area contributed by atoms with E-state index in [2.05, 4.69) is 10.9 Å². The van der Waals surface area contributed by atoms with E-state index in [4.69, 9.17) is 24.1 Å². The number of hydrogen-bond acceptors (Lipinski definition) is 3. The van der Waals surface area contributed by atoms with E-state index in [9.17, 15) is 18.0 Å². The highest BCUT2D eigenvalue weighted by molar-refractivity contribution is 7.81. The van der Waals surface area contributed by atoms with Gasteiger partial charge < -0.3 is 4.90 Å². The number of anilines is 2. The van der Waals surface area contributed by atoms with Crippen LogP contribution in [0.1, 0.15) is 37.8 Å². The van der Waals surface area contributed by atoms with Crippen molar-refractivity contribution in [2.75, 3.05) is 9.80 Å². The number of carbonyl (C=O) groups is 1. The van der Waals surface area contributed by atoms with Crippen molar-refractivity contribution in [3.8, 4) is 6.07 Å². The van der Waals surface area contributed by atoms with Crippen LogP contribution in [0.2, 0.25) is 0 Å². The van der Waals surface area contributed by atoms with Crippen molar-refractivity contribution in [2.24, 2.45) is 0 Å². The van der Waals surface area contributed by atoms with E-state index < -0.39 is 28.9 Å². The lowest BCUT2D eigenvalue weighted by molar-refractivity contribution is -0.136. The number of halogens is 3. The van der Waals surface area contributed by atoms with Crippen molar-refractivity contribution in [1.82, 2.24) is 0 Å². The SMILES string of the molecule is [C-]#[N+]c1ccc(N2C(=O)C(C)(C)N(c3ccc(CCCC#N)cc3)C2=S)cc1C(F)(F)F. The fraction of sp³-hybridized carbons (Fsp3) is 0.304. The minimum atomic E-state index is -4.74. The largest absolute Gasteiger partial charge is 0.407 e. The monoisotopic (exact) mass is 456 g/mol. The molecular formula is C23H19F3N4OS. The Kier molecular flexibility index (Phi) is 6.25. The molecule has 1 aliphatic heterocycles. The van der Waals surface area contributed by atoms with Gasteiger partial charge in [-0.2, -0.15) is 18.4 Å². The maximum absolute atomic E-state index is 13.4. The van der Waals surface area contributed by atoms with Crippen molar-refractivity contribution in [1.29, 1.82) is 5.26 Å². The van der Waals surface area contributed by atoms with Crippen LogP contribution < -0.4 is 9.80 Å². The van der Waals surface area contributed by atoms with Gasteiger partial charge in [-0.15, -0.1) is 0 Å². The topological polar surface area (TPSA) is 51.7 Å². The minimum absolute atomic E-state index is 0.0385. The molecule has 0 bridgehead atoms. The molecule has 1 amide bonds. The Morgan fingerprint density at radius 1 is 1.16 bits per heavy atom. The first-order chi connectivity index (χ1) is 15.0. The molecule has 1 saturated heterocycles. The summed E-state index contributed by atoms with van der Waals surface area (Å²) < 4.78 is 40.3. The van der Waals surface area contributed by atoms with Gasteiger partial charge in [0.2, 0.25) is 0 Å². The molecule has 2 aromatic rings. The Morgan fingerprint density at radius 3 is 2.34 bits per heavy atom. The van der Waals surface area contributed by atoms with Crippen LogP contribution >= 0.6 is 12.2 Å². The predicted octanol–water partition coefficient (Wildman–Crippen LogP) is 6.02. The molecule has 2 aromatic carbocycles. The maximum atomic E-state index is 13.4. The molecule has 9 heteroatoms. The van der Waals surface area contributed by atoms with Gasteiger partial charge in [-0.25, -0.2) is 4.85 Å². The maximum Gasteiger partial charge on any atom is 0.407 e. The lowest BCUT2D eigenvalue weighted by Crippen LogP contribution is -2.44. The standard InChI is InChI=1S/C23H19F3N4OS/c1-22(2)20(31)29(17-11-12-19(28-3)18(14-17)23(24,25)26)21(32)30(22)16-9-7-15(8-10-16)6-4-5-13-27/h7-12,14H,4-6H2,1-2H3. The third-order valence-corrected chi connectivity index (χ3v) is 5.65. The van der Waals surface area contributed by atoms with Crippen LogP contribution in [0.5, 0.6) is 0 Å². The number of aryl methyl sites for hydroxylation is 1. The van der Waals surface area contributed by atoms with E-state index in [1.165, 1.54) is 6.07 Å². The number of nitrogens with zero attached hydrogens (tertiary/aromatic N) is 4. The van der Waals surface area contributed by atoms with Crippen LogP contribution in [0.15, 0.2) is 42.5 Å². The molecule has 0 aliphatic carbocycles. The van der Waals surface area contributed by atoms with Crippen LogP contribution in [0.3, 0.4) is 0 Å². The van der Waals surface area contributed by atoms with Gasteiger partial charge in [-0.05, 0) is 68.7 Å². The van der Waals surface area contributed by atoms with Gasteiger partial charge in [0, 0.05) is 17.8 Å². The number of amides is 1. The third kappa shape index (κ3) is 4.17. The molecule has 1 fully saturated rings. The molecule has 0 spiro atoms. The lowest BCUT2D eigenvalue weighted by atomic mass is 10.0. The molecule has 0 aromatic heterocycles. The fourth-order valence-corrected chi connectivity index (χ4v) is 4.15. The molecule has 3 rings (SSSR count). The summed E-state index contributed by atoms with van der Waals surface area (Å²) in [7, 11) is 0. The van der Waals surface area contributed by atoms with Gasteiger partial charge in [0.25, 0.3) is 5.91 Å². The first-order valence-corrected chi connectivity index (χ1v) is 10.2. The Labute approximate surface area is 189 Å². The Hall–Kier alpha value is -3.43. The quantitative estimate of drug-likeness (QED) is 0.314. The molecule has 0 unspecified atom stereocenters. The summed E-state index contributed by atoms with van der Waals surface area (Å²) in [5.74, 6) is -0.468. The number of hydrogen-bond donors (Lipinski definition) is 0. The number of thiocarbonyl (C=S) groups is 1. The van der Waals surface area contributed by atoms with Gasteiger partial charge in [0.1, 0.15) is 5.54 Å². The van der Waals surface area contributed by atoms with Gasteiger partial charge in [0.15, 0.2) is 10.8 Å². The van der Waals surface area contributed by atoms with Crippen LogP contribution in [-0.4, -0.2) is 16.6 Å². The second-order valence-corrected chi connectivity index (χ2v) is 8.17. The molecule has 0 saturated carbocycles. The predicted molar refractivity (Wildman–Crippen MR) is 119 cm³/mol. The van der Waals surface area contributed by atoms with Crippen molar-refractivity contribution < 1.29 is 18.0 Å². The van der Waals surface area contributed by atoms with Crippen LogP contribution in [0.25, 0.3) is 4.85 Å². The Balaban J connectivity index is 1.97. The summed E-state index contributed by atoms with van der Waals surface area (Å²) in [6.07, 6.45) is -2.81. The first-order valence-electron chi connectivity index (χ1n) is 9.75. The van der Waals surface area contributed by atoms with Crippen molar-refractivity contribution in [3.63, 3.8) is 0 Å². The van der Waals surface area contributed by atoms with E-state index in [0.29, 0.717) is 12.1 Å². The Bertz CT molecular complexity index is 1140. The summed E-state index contributed by atoms with van der Waals surface area (Å²) in [5, 5.41) is 8.73. The van der Waals surface area contributed by atoms with E-state index in [0.717, 1.165) is 35.4 Å². The highest BCUT2D eigenvalue weighted by atomic mass is 32.1. The lowest BCUT2D eigenvalue weighted by Gasteiger charge is -2.29. The Morgan fingerprint density at radius 2 is 1.78 bits per heavy atom. The average Bonchev–Trinajstić information content (AvgIpc) is 2.92. The fourth-order valence-electron chi connectivity index (χ4n) is 3.63. The summed E-state index contributed by atoms with van der Waals surface area (Å²) in [4.78, 5) is 18.8. The molecule has 164 valence electrons. The average molecular weight is 456 g/mol. The zero-order chi connectivity index (χ0) is 23.7. The summed E-state index contributed by atoms with van der Waals surface area (Å²) in [6, 6.07) is 12.6. The summed E-state index contributed by atoms with van der Waals surface area (Å²) >= 11 is 5.52. The van der Waals surface area contributed by atoms with Gasteiger partial charge in [-0.3, -0.25) is 9.69 Å². The second kappa shape index (κ2) is 8.60. The number of alkyl halides is 3. The zero-order valence-corrected chi connectivity index (χ0v) is 18.2. The normalized spacial score (nSPS) is 15.6. The van der Waals surface area contributed by atoms with Crippen LogP contribution in [-0.2, 0) is 17.4 Å². The molecule has 5 nitrogen and oxygen atoms in total. The minimum Gasteiger partial charge on any atom is -0.304 e. The molecule has 0 atom stereocenters. The van der Waals surface area contributed by atoms with E-state index >= 15 is 0 Å². The molecular weight excluding hydrogens is 437 g/mol. The third-order valence-electron chi connectivity index (χ3n) is 5.28. The number of unbranched alkanes of at least 4 members (excludes halogenated alkanes) is 1. The van der Waals surface area contributed by atoms with E-state index in [-0.39, 0.29) is 10.8 Å². The molecule has 1 heterocycles. The number of carbonyl (C=O) groups excluding carboxylic acids is 1. The van der Waals surface area contributed by atoms with Crippen LogP contribution in [0.4, 0.5) is 30.2 Å². The van der Waals surface area contributed by atoms with Gasteiger partial charge >= 0.3 is 6.18 Å². The summed E-state index contributed by atoms with van der Waals surface area (Å²) in [6.45, 7) is 10.3. The number of nitriles is 1. The van der Waals surface area contributed by atoms with Crippen LogP contribution in [0, 0.1) is 17.9 Å². The molecule has 32 heavy (non-hydrogen) atoms. The highest BCUT2D eigenvalue weighted by Gasteiger charge is 2.50. The van der Waals surface area contributed by atoms with Crippen molar-refractivity contribution in [3.05, 3.63) is 65.0 Å². The van der Waals surface area contributed by atoms with Gasteiger partial charge in [-0.1, -0.05) is 18.2 Å². The molecule has 0 radical (unpaired) electrons. The first kappa shape index (κ1) is 23.2. The van der Waals surface area contributed by atoms with Gasteiger partial charge in [0.05, 0.1) is 18.2 Å². The van der Waals surface area contributed by atoms with Crippen molar-refractivity contribution in [2.45, 2.75) is 44.8 Å². The number of benzene rings is 2. The molecule has 1 aliphatic rings. The zero-order valence-electron chi connectivity index (χ0n) is 17.4. The summed E-state index contributed by atoms with van der Waals surface area (Å²) in [5.41, 5.74) is -1.16. The van der Waals surface area contributed by atoms with E-state index in [1.54, 1.807) is 30.9 Å². The van der Waals surface area contributed by atoms with Crippen molar-refractivity contribution >= 4 is 40.3 Å². The molecule has 0 N–H and O–H groups in total.